The number of aromatic hydroxyl groups is 1. The van der Waals surface area contributed by atoms with Crippen LogP contribution in [0.15, 0.2) is 18.3 Å². The van der Waals surface area contributed by atoms with E-state index in [4.69, 9.17) is 10.8 Å². The number of nitrogens with two attached hydrogens (primary N) is 1. The maximum Gasteiger partial charge on any atom is 0.329 e. The molecule has 0 fully saturated rings. The predicted octanol–water partition coefficient (Wildman–Crippen LogP) is 0.0457. The molecular weight excluding hydrogens is 172 g/mol. The number of carboxylic acids is 1. The van der Waals surface area contributed by atoms with E-state index in [1.54, 1.807) is 0 Å². The molecule has 0 aliphatic rings. The first kappa shape index (κ1) is 9.47. The van der Waals surface area contributed by atoms with Crippen LogP contribution in [0.4, 0.5) is 0 Å². The third kappa shape index (κ3) is 1.59. The van der Waals surface area contributed by atoms with E-state index in [2.05, 4.69) is 4.98 Å². The highest BCUT2D eigenvalue weighted by molar-refractivity contribution is 5.80. The van der Waals surface area contributed by atoms with Crippen molar-refractivity contribution in [2.45, 2.75) is 12.5 Å². The van der Waals surface area contributed by atoms with Crippen LogP contribution in [-0.2, 0) is 10.3 Å². The Hall–Kier alpha value is -1.62. The molecule has 0 aliphatic heterocycles. The first-order chi connectivity index (χ1) is 5.96. The number of pyridine rings is 1. The summed E-state index contributed by atoms with van der Waals surface area (Å²) < 4.78 is 0. The third-order valence-electron chi connectivity index (χ3n) is 1.72. The zero-order valence-electron chi connectivity index (χ0n) is 7.06. The second-order valence-corrected chi connectivity index (χ2v) is 2.88. The van der Waals surface area contributed by atoms with Crippen LogP contribution in [0.25, 0.3) is 0 Å². The maximum absolute atomic E-state index is 10.7. The highest BCUT2D eigenvalue weighted by atomic mass is 16.4. The van der Waals surface area contributed by atoms with Crippen molar-refractivity contribution in [1.29, 1.82) is 0 Å². The molecule has 5 nitrogen and oxygen atoms in total. The van der Waals surface area contributed by atoms with Crippen molar-refractivity contribution < 1.29 is 15.0 Å². The largest absolute Gasteiger partial charge is 0.506 e. The van der Waals surface area contributed by atoms with Gasteiger partial charge in [0.25, 0.3) is 0 Å². The molecule has 0 aliphatic carbocycles. The topological polar surface area (TPSA) is 96.4 Å². The molecule has 0 bridgehead atoms. The van der Waals surface area contributed by atoms with E-state index in [0.717, 1.165) is 0 Å². The van der Waals surface area contributed by atoms with Gasteiger partial charge in [-0.2, -0.15) is 0 Å². The minimum atomic E-state index is -1.66. The summed E-state index contributed by atoms with van der Waals surface area (Å²) in [6, 6.07) is 2.84. The number of nitrogens with zero attached hydrogens (tertiary/aromatic N) is 1. The minimum absolute atomic E-state index is 0.0394. The number of rotatable bonds is 2. The summed E-state index contributed by atoms with van der Waals surface area (Å²) >= 11 is 0. The Morgan fingerprint density at radius 1 is 1.69 bits per heavy atom. The first-order valence-electron chi connectivity index (χ1n) is 3.63. The summed E-state index contributed by atoms with van der Waals surface area (Å²) in [5.41, 5.74) is 3.76. The molecule has 0 saturated carbocycles. The van der Waals surface area contributed by atoms with Crippen molar-refractivity contribution in [3.63, 3.8) is 0 Å². The molecule has 13 heavy (non-hydrogen) atoms. The Kier molecular flexibility index (Phi) is 2.20. The minimum Gasteiger partial charge on any atom is -0.506 e. The Bertz CT molecular complexity index is 336. The zero-order chi connectivity index (χ0) is 10.1. The molecule has 5 heteroatoms. The highest BCUT2D eigenvalue weighted by Gasteiger charge is 2.34. The van der Waals surface area contributed by atoms with Gasteiger partial charge < -0.3 is 15.9 Å². The van der Waals surface area contributed by atoms with Crippen molar-refractivity contribution in [2.75, 3.05) is 0 Å². The quantitative estimate of drug-likeness (QED) is 0.600. The van der Waals surface area contributed by atoms with E-state index in [9.17, 15) is 9.90 Å². The Balaban J connectivity index is 3.22. The molecule has 1 rings (SSSR count). The maximum atomic E-state index is 10.7. The Morgan fingerprint density at radius 3 is 2.77 bits per heavy atom. The Morgan fingerprint density at radius 2 is 2.31 bits per heavy atom. The lowest BCUT2D eigenvalue weighted by atomic mass is 9.98. The van der Waals surface area contributed by atoms with Gasteiger partial charge in [-0.05, 0) is 19.1 Å². The molecule has 0 spiro atoms. The molecule has 1 aromatic heterocycles. The van der Waals surface area contributed by atoms with Gasteiger partial charge in [-0.15, -0.1) is 0 Å². The fourth-order valence-electron chi connectivity index (χ4n) is 0.898. The average Bonchev–Trinajstić information content (AvgIpc) is 2.04. The molecule has 1 aromatic rings. The molecule has 4 N–H and O–H groups in total. The van der Waals surface area contributed by atoms with Crippen molar-refractivity contribution in [3.8, 4) is 5.75 Å². The summed E-state index contributed by atoms with van der Waals surface area (Å²) in [6.45, 7) is 1.28. The van der Waals surface area contributed by atoms with Gasteiger partial charge in [0, 0.05) is 6.20 Å². The summed E-state index contributed by atoms with van der Waals surface area (Å²) in [5, 5.41) is 18.0. The SMILES string of the molecule is CC(N)(C(=O)O)c1ncccc1O. The lowest BCUT2D eigenvalue weighted by molar-refractivity contribution is -0.143. The summed E-state index contributed by atoms with van der Waals surface area (Å²) in [6.07, 6.45) is 1.38. The molecule has 1 heterocycles. The third-order valence-corrected chi connectivity index (χ3v) is 1.72. The van der Waals surface area contributed by atoms with Gasteiger partial charge >= 0.3 is 5.97 Å². The summed E-state index contributed by atoms with van der Waals surface area (Å²) in [4.78, 5) is 14.4. The van der Waals surface area contributed by atoms with Gasteiger partial charge in [0.15, 0.2) is 5.54 Å². The van der Waals surface area contributed by atoms with E-state index in [0.29, 0.717) is 0 Å². The van der Waals surface area contributed by atoms with Crippen LogP contribution in [-0.4, -0.2) is 21.2 Å². The second kappa shape index (κ2) is 3.02. The fraction of sp³-hybridized carbons (Fsp3) is 0.250. The highest BCUT2D eigenvalue weighted by Crippen LogP contribution is 2.24. The van der Waals surface area contributed by atoms with Gasteiger partial charge in [0.1, 0.15) is 11.4 Å². The second-order valence-electron chi connectivity index (χ2n) is 2.88. The standard InChI is InChI=1S/C8H10N2O3/c1-8(9,7(12)13)6-5(11)3-2-4-10-6/h2-4,11H,9H2,1H3,(H,12,13). The number of carbonyl (C=O) groups is 1. The molecule has 1 unspecified atom stereocenters. The van der Waals surface area contributed by atoms with Crippen LogP contribution in [0.5, 0.6) is 5.75 Å². The molecule has 70 valence electrons. The number of hydrogen-bond donors (Lipinski definition) is 3. The van der Waals surface area contributed by atoms with Crippen LogP contribution >= 0.6 is 0 Å². The van der Waals surface area contributed by atoms with Gasteiger partial charge in [-0.1, -0.05) is 0 Å². The number of hydrogen-bond acceptors (Lipinski definition) is 4. The monoisotopic (exact) mass is 182 g/mol. The van der Waals surface area contributed by atoms with Gasteiger partial charge in [-0.25, -0.2) is 4.79 Å². The predicted molar refractivity (Wildman–Crippen MR) is 45.1 cm³/mol. The van der Waals surface area contributed by atoms with Crippen LogP contribution in [0.1, 0.15) is 12.6 Å². The molecule has 0 radical (unpaired) electrons. The lowest BCUT2D eigenvalue weighted by Gasteiger charge is -2.18. The van der Waals surface area contributed by atoms with Crippen molar-refractivity contribution in [1.82, 2.24) is 4.98 Å². The van der Waals surface area contributed by atoms with Crippen molar-refractivity contribution >= 4 is 5.97 Å². The van der Waals surface area contributed by atoms with E-state index in [1.165, 1.54) is 25.3 Å². The van der Waals surface area contributed by atoms with E-state index < -0.39 is 11.5 Å². The lowest BCUT2D eigenvalue weighted by Crippen LogP contribution is -2.42. The molecule has 0 saturated heterocycles. The number of carboxylic acid groups (broad SMARTS) is 1. The van der Waals surface area contributed by atoms with Crippen LogP contribution in [0.2, 0.25) is 0 Å². The molecule has 0 amide bonds. The molecule has 0 aromatic carbocycles. The Labute approximate surface area is 74.8 Å². The van der Waals surface area contributed by atoms with Crippen LogP contribution in [0.3, 0.4) is 0 Å². The molecular formula is C8H10N2O3. The zero-order valence-corrected chi connectivity index (χ0v) is 7.06. The number of aliphatic carboxylic acids is 1. The van der Waals surface area contributed by atoms with Gasteiger partial charge in [-0.3, -0.25) is 4.98 Å². The van der Waals surface area contributed by atoms with Gasteiger partial charge in [0.2, 0.25) is 0 Å². The number of aromatic nitrogens is 1. The normalized spacial score (nSPS) is 14.9. The van der Waals surface area contributed by atoms with E-state index in [-0.39, 0.29) is 11.4 Å². The summed E-state index contributed by atoms with van der Waals surface area (Å²) in [5.74, 6) is -1.45. The first-order valence-corrected chi connectivity index (χ1v) is 3.63. The van der Waals surface area contributed by atoms with Crippen LogP contribution < -0.4 is 5.73 Å². The summed E-state index contributed by atoms with van der Waals surface area (Å²) in [7, 11) is 0. The van der Waals surface area contributed by atoms with Gasteiger partial charge in [0.05, 0.1) is 0 Å². The van der Waals surface area contributed by atoms with Crippen molar-refractivity contribution in [2.24, 2.45) is 5.73 Å². The van der Waals surface area contributed by atoms with E-state index >= 15 is 0 Å². The van der Waals surface area contributed by atoms with Crippen LogP contribution in [0, 0.1) is 0 Å². The molecule has 1 atom stereocenters. The van der Waals surface area contributed by atoms with E-state index in [1.807, 2.05) is 0 Å². The fourth-order valence-corrected chi connectivity index (χ4v) is 0.898. The smallest absolute Gasteiger partial charge is 0.329 e. The average molecular weight is 182 g/mol. The van der Waals surface area contributed by atoms with Crippen molar-refractivity contribution in [3.05, 3.63) is 24.0 Å².